The summed E-state index contributed by atoms with van der Waals surface area (Å²) in [6, 6.07) is 0.409. The van der Waals surface area contributed by atoms with E-state index >= 15 is 0 Å². The monoisotopic (exact) mass is 215 g/mol. The van der Waals surface area contributed by atoms with E-state index < -0.39 is 0 Å². The maximum atomic E-state index is 9.33. The van der Waals surface area contributed by atoms with E-state index in [1.54, 1.807) is 6.92 Å². The first-order valence-electron chi connectivity index (χ1n) is 4.77. The molecule has 0 amide bonds. The highest BCUT2D eigenvalue weighted by Crippen LogP contribution is 2.07. The van der Waals surface area contributed by atoms with Crippen molar-refractivity contribution in [1.82, 2.24) is 14.5 Å². The first kappa shape index (κ1) is 11.6. The van der Waals surface area contributed by atoms with Crippen molar-refractivity contribution in [1.29, 1.82) is 0 Å². The highest BCUT2D eigenvalue weighted by Gasteiger charge is 2.13. The van der Waals surface area contributed by atoms with Crippen LogP contribution in [0, 0.1) is 0 Å². The summed E-state index contributed by atoms with van der Waals surface area (Å²) in [6.45, 7) is 7.47. The molecule has 1 aromatic rings. The second-order valence-corrected chi connectivity index (χ2v) is 4.38. The molecule has 0 aliphatic carbocycles. The van der Waals surface area contributed by atoms with Gasteiger partial charge in [-0.2, -0.15) is 0 Å². The highest BCUT2D eigenvalue weighted by atomic mass is 32.1. The molecule has 0 saturated heterocycles. The summed E-state index contributed by atoms with van der Waals surface area (Å²) in [5, 5.41) is 15.3. The SMILES string of the molecule is CC(O)CN(Cc1csnn1)C(C)C. The van der Waals surface area contributed by atoms with Crippen LogP contribution < -0.4 is 0 Å². The van der Waals surface area contributed by atoms with Gasteiger partial charge in [0.1, 0.15) is 0 Å². The van der Waals surface area contributed by atoms with Crippen LogP contribution in [0.1, 0.15) is 26.5 Å². The van der Waals surface area contributed by atoms with Gasteiger partial charge in [-0.05, 0) is 32.3 Å². The highest BCUT2D eigenvalue weighted by molar-refractivity contribution is 7.03. The third-order valence-corrected chi connectivity index (χ3v) is 2.55. The fraction of sp³-hybridized carbons (Fsp3) is 0.778. The molecule has 0 aliphatic heterocycles. The van der Waals surface area contributed by atoms with Crippen LogP contribution in [-0.2, 0) is 6.54 Å². The predicted octanol–water partition coefficient (Wildman–Crippen LogP) is 1.13. The van der Waals surface area contributed by atoms with Crippen LogP contribution >= 0.6 is 11.5 Å². The second-order valence-electron chi connectivity index (χ2n) is 3.77. The van der Waals surface area contributed by atoms with E-state index in [9.17, 15) is 5.11 Å². The Morgan fingerprint density at radius 1 is 1.50 bits per heavy atom. The third-order valence-electron chi connectivity index (χ3n) is 2.00. The minimum atomic E-state index is -0.302. The maximum absolute atomic E-state index is 9.33. The average Bonchev–Trinajstić information content (AvgIpc) is 2.54. The molecule has 1 N–H and O–H groups in total. The zero-order valence-electron chi connectivity index (χ0n) is 8.84. The zero-order valence-corrected chi connectivity index (χ0v) is 9.66. The molecule has 1 aromatic heterocycles. The molecule has 4 nitrogen and oxygen atoms in total. The fourth-order valence-corrected chi connectivity index (χ4v) is 1.70. The van der Waals surface area contributed by atoms with Crippen LogP contribution in [0.25, 0.3) is 0 Å². The molecule has 0 saturated carbocycles. The second kappa shape index (κ2) is 5.38. The van der Waals surface area contributed by atoms with Gasteiger partial charge >= 0.3 is 0 Å². The van der Waals surface area contributed by atoms with Crippen molar-refractivity contribution in [2.45, 2.75) is 39.5 Å². The fourth-order valence-electron chi connectivity index (χ4n) is 1.26. The lowest BCUT2D eigenvalue weighted by Gasteiger charge is -2.26. The number of aliphatic hydroxyl groups excluding tert-OH is 1. The van der Waals surface area contributed by atoms with E-state index in [4.69, 9.17) is 0 Å². The number of nitrogens with zero attached hydrogens (tertiary/aromatic N) is 3. The van der Waals surface area contributed by atoms with Crippen molar-refractivity contribution in [2.24, 2.45) is 0 Å². The molecule has 14 heavy (non-hydrogen) atoms. The molecular weight excluding hydrogens is 198 g/mol. The summed E-state index contributed by atoms with van der Waals surface area (Å²) in [7, 11) is 0. The van der Waals surface area contributed by atoms with Crippen molar-refractivity contribution in [3.8, 4) is 0 Å². The Hall–Kier alpha value is -0.520. The van der Waals surface area contributed by atoms with Crippen LogP contribution in [0.5, 0.6) is 0 Å². The van der Waals surface area contributed by atoms with Gasteiger partial charge in [0.25, 0.3) is 0 Å². The van der Waals surface area contributed by atoms with Gasteiger partial charge in [0.15, 0.2) is 0 Å². The van der Waals surface area contributed by atoms with E-state index in [-0.39, 0.29) is 6.10 Å². The van der Waals surface area contributed by atoms with Crippen LogP contribution in [-0.4, -0.2) is 38.3 Å². The summed E-state index contributed by atoms with van der Waals surface area (Å²) in [5.74, 6) is 0. The summed E-state index contributed by atoms with van der Waals surface area (Å²) < 4.78 is 3.82. The lowest BCUT2D eigenvalue weighted by Crippen LogP contribution is -2.36. The molecule has 80 valence electrons. The van der Waals surface area contributed by atoms with Crippen LogP contribution in [0.2, 0.25) is 0 Å². The van der Waals surface area contributed by atoms with Crippen LogP contribution in [0.3, 0.4) is 0 Å². The first-order valence-corrected chi connectivity index (χ1v) is 5.61. The number of aromatic nitrogens is 2. The first-order chi connectivity index (χ1) is 6.59. The third kappa shape index (κ3) is 3.69. The van der Waals surface area contributed by atoms with Crippen molar-refractivity contribution < 1.29 is 5.11 Å². The molecule has 1 unspecified atom stereocenters. The van der Waals surface area contributed by atoms with Gasteiger partial charge in [0.2, 0.25) is 0 Å². The Morgan fingerprint density at radius 3 is 2.64 bits per heavy atom. The van der Waals surface area contributed by atoms with E-state index in [1.165, 1.54) is 11.5 Å². The van der Waals surface area contributed by atoms with Crippen molar-refractivity contribution in [3.63, 3.8) is 0 Å². The van der Waals surface area contributed by atoms with Crippen molar-refractivity contribution in [3.05, 3.63) is 11.1 Å². The molecule has 1 atom stereocenters. The maximum Gasteiger partial charge on any atom is 0.0895 e. The summed E-state index contributed by atoms with van der Waals surface area (Å²) >= 11 is 1.36. The van der Waals surface area contributed by atoms with Gasteiger partial charge in [0.05, 0.1) is 11.8 Å². The van der Waals surface area contributed by atoms with E-state index in [1.807, 2.05) is 5.38 Å². The van der Waals surface area contributed by atoms with E-state index in [2.05, 4.69) is 28.3 Å². The molecular formula is C9H17N3OS. The van der Waals surface area contributed by atoms with Gasteiger partial charge < -0.3 is 5.11 Å². The quantitative estimate of drug-likeness (QED) is 0.800. The Balaban J connectivity index is 2.51. The Morgan fingerprint density at radius 2 is 2.21 bits per heavy atom. The van der Waals surface area contributed by atoms with Gasteiger partial charge in [-0.15, -0.1) is 5.10 Å². The molecule has 1 rings (SSSR count). The van der Waals surface area contributed by atoms with Crippen LogP contribution in [0.15, 0.2) is 5.38 Å². The number of rotatable bonds is 5. The van der Waals surface area contributed by atoms with Crippen LogP contribution in [0.4, 0.5) is 0 Å². The summed E-state index contributed by atoms with van der Waals surface area (Å²) in [5.41, 5.74) is 0.976. The normalized spacial score (nSPS) is 13.9. The Kier molecular flexibility index (Phi) is 4.44. The minimum Gasteiger partial charge on any atom is -0.392 e. The smallest absolute Gasteiger partial charge is 0.0895 e. The number of hydrogen-bond acceptors (Lipinski definition) is 5. The Labute approximate surface area is 88.7 Å². The van der Waals surface area contributed by atoms with E-state index in [0.29, 0.717) is 12.6 Å². The van der Waals surface area contributed by atoms with Gasteiger partial charge in [-0.25, -0.2) is 0 Å². The molecule has 5 heteroatoms. The Bertz CT molecular complexity index is 249. The summed E-state index contributed by atoms with van der Waals surface area (Å²) in [6.07, 6.45) is -0.302. The van der Waals surface area contributed by atoms with Gasteiger partial charge in [-0.3, -0.25) is 4.90 Å². The van der Waals surface area contributed by atoms with Gasteiger partial charge in [-0.1, -0.05) is 4.49 Å². The summed E-state index contributed by atoms with van der Waals surface area (Å²) in [4.78, 5) is 2.18. The molecule has 0 fully saturated rings. The number of aliphatic hydroxyl groups is 1. The largest absolute Gasteiger partial charge is 0.392 e. The van der Waals surface area contributed by atoms with E-state index in [0.717, 1.165) is 12.2 Å². The average molecular weight is 215 g/mol. The molecule has 0 bridgehead atoms. The molecule has 0 spiro atoms. The lowest BCUT2D eigenvalue weighted by atomic mass is 10.2. The molecule has 0 aromatic carbocycles. The van der Waals surface area contributed by atoms with Crippen molar-refractivity contribution >= 4 is 11.5 Å². The van der Waals surface area contributed by atoms with Crippen molar-refractivity contribution in [2.75, 3.05) is 6.54 Å². The standard InChI is InChI=1S/C9H17N3OS/c1-7(2)12(4-8(3)13)5-9-6-14-11-10-9/h6-8,13H,4-5H2,1-3H3. The minimum absolute atomic E-state index is 0.302. The topological polar surface area (TPSA) is 49.2 Å². The molecule has 1 heterocycles. The zero-order chi connectivity index (χ0) is 10.6. The lowest BCUT2D eigenvalue weighted by molar-refractivity contribution is 0.102. The van der Waals surface area contributed by atoms with Gasteiger partial charge in [0, 0.05) is 24.5 Å². The number of hydrogen-bond donors (Lipinski definition) is 1. The molecule has 0 radical (unpaired) electrons. The predicted molar refractivity (Wildman–Crippen MR) is 57.1 cm³/mol. The molecule has 0 aliphatic rings.